The molecule has 0 amide bonds. The van der Waals surface area contributed by atoms with Crippen LogP contribution in [0.15, 0.2) is 97.2 Å². The van der Waals surface area contributed by atoms with Crippen molar-refractivity contribution in [3.8, 4) is 0 Å². The first-order chi connectivity index (χ1) is 37.5. The van der Waals surface area contributed by atoms with Crippen LogP contribution in [0.4, 0.5) is 0 Å². The topological polar surface area (TPSA) is 78.9 Å². The highest BCUT2D eigenvalue weighted by Crippen LogP contribution is 2.16. The molecule has 1 unspecified atom stereocenters. The Kier molecular flexibility index (Phi) is 60.8. The maximum atomic E-state index is 12.9. The average molecular weight is 1060 g/mol. The molecule has 0 aliphatic carbocycles. The third kappa shape index (κ3) is 61.2. The largest absolute Gasteiger partial charge is 0.462 e. The number of hydrogen-bond donors (Lipinski definition) is 0. The van der Waals surface area contributed by atoms with Gasteiger partial charge in [-0.3, -0.25) is 14.4 Å². The van der Waals surface area contributed by atoms with E-state index in [1.165, 1.54) is 161 Å². The molecule has 0 saturated carbocycles. The van der Waals surface area contributed by atoms with Crippen LogP contribution in [0.2, 0.25) is 0 Å². The zero-order chi connectivity index (χ0) is 55.0. The maximum absolute atomic E-state index is 12.9. The summed E-state index contributed by atoms with van der Waals surface area (Å²) in [6, 6.07) is 0. The van der Waals surface area contributed by atoms with Crippen molar-refractivity contribution in [2.45, 2.75) is 316 Å². The molecule has 0 spiro atoms. The third-order valence-electron chi connectivity index (χ3n) is 13.8. The van der Waals surface area contributed by atoms with E-state index in [4.69, 9.17) is 14.2 Å². The van der Waals surface area contributed by atoms with Gasteiger partial charge in [0.15, 0.2) is 6.10 Å². The van der Waals surface area contributed by atoms with Gasteiger partial charge in [-0.15, -0.1) is 0 Å². The number of hydrogen-bond acceptors (Lipinski definition) is 6. The lowest BCUT2D eigenvalue weighted by molar-refractivity contribution is -0.167. The molecule has 0 saturated heterocycles. The van der Waals surface area contributed by atoms with E-state index in [-0.39, 0.29) is 31.1 Å². The minimum Gasteiger partial charge on any atom is -0.462 e. The molecule has 0 fully saturated rings. The SMILES string of the molecule is CC/C=C\C/C=C\C/C=C\C/C=C\C/C=C\C/C=C\CCCCCCCCCCCCC(=O)OCC(COC(=O)CCCCCCCCCCCCCC)OC(=O)CCCCCCCCC/C=C\C/C=C\CCCCC. The van der Waals surface area contributed by atoms with Crippen molar-refractivity contribution in [1.82, 2.24) is 0 Å². The van der Waals surface area contributed by atoms with E-state index in [1.54, 1.807) is 0 Å². The van der Waals surface area contributed by atoms with Crippen LogP contribution in [0.1, 0.15) is 310 Å². The molecule has 76 heavy (non-hydrogen) atoms. The molecule has 6 nitrogen and oxygen atoms in total. The second kappa shape index (κ2) is 63.9. The number of ether oxygens (including phenoxy) is 3. The predicted molar refractivity (Wildman–Crippen MR) is 330 cm³/mol. The number of carbonyl (C=O) groups is 3. The summed E-state index contributed by atoms with van der Waals surface area (Å²) in [7, 11) is 0. The number of carbonyl (C=O) groups excluding carboxylic acids is 3. The Morgan fingerprint density at radius 1 is 0.276 bits per heavy atom. The van der Waals surface area contributed by atoms with Crippen molar-refractivity contribution in [2.24, 2.45) is 0 Å². The number of esters is 3. The van der Waals surface area contributed by atoms with Gasteiger partial charge in [-0.2, -0.15) is 0 Å². The van der Waals surface area contributed by atoms with Crippen LogP contribution in [0.5, 0.6) is 0 Å². The van der Waals surface area contributed by atoms with E-state index < -0.39 is 6.10 Å². The maximum Gasteiger partial charge on any atom is 0.306 e. The van der Waals surface area contributed by atoms with Crippen molar-refractivity contribution in [3.05, 3.63) is 97.2 Å². The highest BCUT2D eigenvalue weighted by atomic mass is 16.6. The number of allylic oxidation sites excluding steroid dienone is 16. The summed E-state index contributed by atoms with van der Waals surface area (Å²) in [5.74, 6) is -0.881. The molecule has 436 valence electrons. The van der Waals surface area contributed by atoms with Crippen LogP contribution < -0.4 is 0 Å². The van der Waals surface area contributed by atoms with Crippen molar-refractivity contribution < 1.29 is 28.6 Å². The summed E-state index contributed by atoms with van der Waals surface area (Å²) in [6.07, 6.45) is 85.5. The lowest BCUT2D eigenvalue weighted by atomic mass is 10.0. The number of rotatable bonds is 58. The molecular weight excluding hydrogens is 937 g/mol. The van der Waals surface area contributed by atoms with E-state index in [0.29, 0.717) is 19.3 Å². The van der Waals surface area contributed by atoms with Crippen LogP contribution >= 0.6 is 0 Å². The second-order valence-corrected chi connectivity index (χ2v) is 21.3. The Labute approximate surface area is 470 Å². The van der Waals surface area contributed by atoms with Gasteiger partial charge < -0.3 is 14.2 Å². The summed E-state index contributed by atoms with van der Waals surface area (Å²) in [5, 5.41) is 0. The van der Waals surface area contributed by atoms with Crippen LogP contribution in [0.3, 0.4) is 0 Å². The summed E-state index contributed by atoms with van der Waals surface area (Å²) < 4.78 is 16.9. The molecule has 0 aliphatic heterocycles. The highest BCUT2D eigenvalue weighted by molar-refractivity contribution is 5.71. The minimum absolute atomic E-state index is 0.0788. The fraction of sp³-hybridized carbons (Fsp3) is 0.729. The summed E-state index contributed by atoms with van der Waals surface area (Å²) in [5.41, 5.74) is 0. The fourth-order valence-corrected chi connectivity index (χ4v) is 9.01. The lowest BCUT2D eigenvalue weighted by Crippen LogP contribution is -2.30. The molecule has 0 aromatic rings. The molecule has 6 heteroatoms. The van der Waals surface area contributed by atoms with Gasteiger partial charge >= 0.3 is 17.9 Å². The third-order valence-corrected chi connectivity index (χ3v) is 13.8. The van der Waals surface area contributed by atoms with Gasteiger partial charge in [-0.1, -0.05) is 285 Å². The zero-order valence-corrected chi connectivity index (χ0v) is 50.0. The first kappa shape index (κ1) is 72.3. The first-order valence-corrected chi connectivity index (χ1v) is 32.2. The highest BCUT2D eigenvalue weighted by Gasteiger charge is 2.19. The molecule has 0 aromatic carbocycles. The Balaban J connectivity index is 4.27. The minimum atomic E-state index is -0.782. The first-order valence-electron chi connectivity index (χ1n) is 32.2. The molecule has 0 aliphatic rings. The molecule has 0 aromatic heterocycles. The predicted octanol–water partition coefficient (Wildman–Crippen LogP) is 22.0. The summed E-state index contributed by atoms with van der Waals surface area (Å²) >= 11 is 0. The summed E-state index contributed by atoms with van der Waals surface area (Å²) in [4.78, 5) is 38.3. The lowest BCUT2D eigenvalue weighted by Gasteiger charge is -2.18. The van der Waals surface area contributed by atoms with E-state index in [9.17, 15) is 14.4 Å². The monoisotopic (exact) mass is 1060 g/mol. The number of unbranched alkanes of at least 4 members (excludes halogenated alkanes) is 31. The molecule has 1 atom stereocenters. The Bertz CT molecular complexity index is 1490. The van der Waals surface area contributed by atoms with Crippen molar-refractivity contribution in [2.75, 3.05) is 13.2 Å². The van der Waals surface area contributed by atoms with Gasteiger partial charge in [0.2, 0.25) is 0 Å². The Morgan fingerprint density at radius 2 is 0.513 bits per heavy atom. The second-order valence-electron chi connectivity index (χ2n) is 21.3. The van der Waals surface area contributed by atoms with Crippen LogP contribution in [-0.4, -0.2) is 37.2 Å². The van der Waals surface area contributed by atoms with Gasteiger partial charge in [0.05, 0.1) is 0 Å². The summed E-state index contributed by atoms with van der Waals surface area (Å²) in [6.45, 7) is 6.51. The smallest absolute Gasteiger partial charge is 0.306 e. The van der Waals surface area contributed by atoms with Gasteiger partial charge in [-0.05, 0) is 103 Å². The molecule has 0 bridgehead atoms. The van der Waals surface area contributed by atoms with E-state index in [0.717, 1.165) is 109 Å². The van der Waals surface area contributed by atoms with Crippen molar-refractivity contribution in [3.63, 3.8) is 0 Å². The van der Waals surface area contributed by atoms with E-state index >= 15 is 0 Å². The van der Waals surface area contributed by atoms with Crippen LogP contribution in [0.25, 0.3) is 0 Å². The molecule has 0 rings (SSSR count). The van der Waals surface area contributed by atoms with Crippen molar-refractivity contribution >= 4 is 17.9 Å². The van der Waals surface area contributed by atoms with Crippen molar-refractivity contribution in [1.29, 1.82) is 0 Å². The van der Waals surface area contributed by atoms with E-state index in [2.05, 4.69) is 118 Å². The normalized spacial score (nSPS) is 12.7. The molecule has 0 N–H and O–H groups in total. The van der Waals surface area contributed by atoms with Gasteiger partial charge in [0.1, 0.15) is 13.2 Å². The van der Waals surface area contributed by atoms with Gasteiger partial charge in [0.25, 0.3) is 0 Å². The fourth-order valence-electron chi connectivity index (χ4n) is 9.01. The quantitative estimate of drug-likeness (QED) is 0.0261. The molecular formula is C70H120O6. The molecule has 0 heterocycles. The standard InChI is InChI=1S/C70H120O6/c1-4-7-10-13-16-19-22-25-27-29-30-31-32-33-34-35-36-37-38-39-40-42-43-45-48-51-54-57-60-63-69(72)75-66-67(65-74-68(71)62-59-56-53-50-47-24-21-18-15-12-9-6-3)76-70(73)64-61-58-55-52-49-46-44-41-28-26-23-20-17-14-11-8-5-2/h7,10,16-17,19-20,25-28,30-31,33-34,36-37,67H,4-6,8-9,11-15,18,21-24,29,32,35,38-66H2,1-3H3/b10-7-,19-16-,20-17-,27-25-,28-26-,31-30-,34-33-,37-36-. The average Bonchev–Trinajstić information content (AvgIpc) is 3.42. The van der Waals surface area contributed by atoms with Crippen LogP contribution in [-0.2, 0) is 28.6 Å². The van der Waals surface area contributed by atoms with E-state index in [1.807, 2.05) is 0 Å². The van der Waals surface area contributed by atoms with Gasteiger partial charge in [-0.25, -0.2) is 0 Å². The Hall–Kier alpha value is -3.67. The zero-order valence-electron chi connectivity index (χ0n) is 50.0. The molecule has 0 radical (unpaired) electrons. The van der Waals surface area contributed by atoms with Crippen LogP contribution in [0, 0.1) is 0 Å². The van der Waals surface area contributed by atoms with Gasteiger partial charge in [0, 0.05) is 19.3 Å². The Morgan fingerprint density at radius 3 is 0.829 bits per heavy atom.